The number of benzene rings is 1. The van der Waals surface area contributed by atoms with E-state index in [2.05, 4.69) is 39.0 Å². The van der Waals surface area contributed by atoms with Gasteiger partial charge in [-0.25, -0.2) is 0 Å². The lowest BCUT2D eigenvalue weighted by Crippen LogP contribution is -2.21. The topological polar surface area (TPSA) is 20.2 Å². The van der Waals surface area contributed by atoms with Gasteiger partial charge in [0.1, 0.15) is 0 Å². The molecule has 0 radical (unpaired) electrons. The maximum absolute atomic E-state index is 9.56. The van der Waals surface area contributed by atoms with E-state index in [1.807, 2.05) is 0 Å². The predicted molar refractivity (Wildman–Crippen MR) is 58.4 cm³/mol. The van der Waals surface area contributed by atoms with Gasteiger partial charge in [0.15, 0.2) is 0 Å². The zero-order chi connectivity index (χ0) is 10.3. The Morgan fingerprint density at radius 2 is 2.14 bits per heavy atom. The molecule has 1 aromatic carbocycles. The Bertz CT molecular complexity index is 352. The molecule has 0 fully saturated rings. The van der Waals surface area contributed by atoms with Crippen LogP contribution in [-0.4, -0.2) is 5.11 Å². The molecule has 2 rings (SSSR count). The lowest BCUT2D eigenvalue weighted by atomic mass is 9.77. The number of aliphatic hydroxyl groups excluding tert-OH is 1. The van der Waals surface area contributed by atoms with Gasteiger partial charge >= 0.3 is 0 Å². The highest BCUT2D eigenvalue weighted by Gasteiger charge is 2.26. The first-order valence-corrected chi connectivity index (χ1v) is 5.36. The maximum Gasteiger partial charge on any atom is 0.0833 e. The van der Waals surface area contributed by atoms with Crippen LogP contribution in [0.15, 0.2) is 18.2 Å². The molecular formula is C13H18O. The Morgan fingerprint density at radius 1 is 1.43 bits per heavy atom. The molecule has 1 nitrogen and oxygen atoms in total. The first kappa shape index (κ1) is 9.72. The molecule has 1 heteroatoms. The Kier molecular flexibility index (Phi) is 2.15. The van der Waals surface area contributed by atoms with Gasteiger partial charge in [-0.1, -0.05) is 39.0 Å². The summed E-state index contributed by atoms with van der Waals surface area (Å²) in [6.07, 6.45) is 1.75. The summed E-state index contributed by atoms with van der Waals surface area (Å²) in [5.74, 6) is 0. The maximum atomic E-state index is 9.56. The fourth-order valence-electron chi connectivity index (χ4n) is 1.90. The minimum atomic E-state index is -0.211. The van der Waals surface area contributed by atoms with Crippen molar-refractivity contribution in [2.75, 3.05) is 0 Å². The van der Waals surface area contributed by atoms with Gasteiger partial charge in [0.05, 0.1) is 6.10 Å². The van der Waals surface area contributed by atoms with Crippen LogP contribution in [0.2, 0.25) is 0 Å². The molecule has 14 heavy (non-hydrogen) atoms. The second-order valence-electron chi connectivity index (χ2n) is 4.87. The summed E-state index contributed by atoms with van der Waals surface area (Å²) >= 11 is 0. The van der Waals surface area contributed by atoms with Crippen LogP contribution in [0.4, 0.5) is 0 Å². The highest BCUT2D eigenvalue weighted by molar-refractivity contribution is 5.43. The fraction of sp³-hybridized carbons (Fsp3) is 0.538. The molecule has 1 aliphatic rings. The van der Waals surface area contributed by atoms with Gasteiger partial charge in [0.25, 0.3) is 0 Å². The summed E-state index contributed by atoms with van der Waals surface area (Å²) in [5, 5.41) is 9.56. The normalized spacial score (nSPS) is 20.1. The largest absolute Gasteiger partial charge is 0.388 e. The number of hydrogen-bond acceptors (Lipinski definition) is 1. The molecule has 0 saturated carbocycles. The molecule has 1 atom stereocenters. The van der Waals surface area contributed by atoms with Crippen molar-refractivity contribution in [1.29, 1.82) is 0 Å². The van der Waals surface area contributed by atoms with Crippen LogP contribution in [0.5, 0.6) is 0 Å². The minimum absolute atomic E-state index is 0.211. The molecule has 0 bridgehead atoms. The third kappa shape index (κ3) is 1.36. The molecular weight excluding hydrogens is 172 g/mol. The molecule has 0 amide bonds. The molecule has 1 N–H and O–H groups in total. The SMILES string of the molecule is CCC(C)(C)c1ccc2c(c1)C(O)C2. The first-order chi connectivity index (χ1) is 6.54. The summed E-state index contributed by atoms with van der Waals surface area (Å²) < 4.78 is 0. The van der Waals surface area contributed by atoms with Gasteiger partial charge in [-0.2, -0.15) is 0 Å². The predicted octanol–water partition coefficient (Wildman–Crippen LogP) is 2.96. The minimum Gasteiger partial charge on any atom is -0.388 e. The lowest BCUT2D eigenvalue weighted by molar-refractivity contribution is 0.153. The van der Waals surface area contributed by atoms with E-state index in [1.165, 1.54) is 11.1 Å². The van der Waals surface area contributed by atoms with E-state index in [4.69, 9.17) is 0 Å². The summed E-state index contributed by atoms with van der Waals surface area (Å²) in [5.41, 5.74) is 4.03. The van der Waals surface area contributed by atoms with Gasteiger partial charge in [0, 0.05) is 6.42 Å². The Morgan fingerprint density at radius 3 is 2.71 bits per heavy atom. The van der Waals surface area contributed by atoms with Crippen LogP contribution in [0, 0.1) is 0 Å². The number of fused-ring (bicyclic) bond motifs is 1. The van der Waals surface area contributed by atoms with Crippen molar-refractivity contribution < 1.29 is 5.11 Å². The second-order valence-corrected chi connectivity index (χ2v) is 4.87. The van der Waals surface area contributed by atoms with Crippen LogP contribution in [0.1, 0.15) is 50.0 Å². The smallest absolute Gasteiger partial charge is 0.0833 e. The van der Waals surface area contributed by atoms with E-state index < -0.39 is 0 Å². The van der Waals surface area contributed by atoms with Gasteiger partial charge in [-0.05, 0) is 28.5 Å². The third-order valence-corrected chi connectivity index (χ3v) is 3.58. The number of rotatable bonds is 2. The van der Waals surface area contributed by atoms with E-state index in [1.54, 1.807) is 0 Å². The number of hydrogen-bond donors (Lipinski definition) is 1. The zero-order valence-corrected chi connectivity index (χ0v) is 9.17. The van der Waals surface area contributed by atoms with Gasteiger partial charge < -0.3 is 5.11 Å². The van der Waals surface area contributed by atoms with Crippen molar-refractivity contribution >= 4 is 0 Å². The molecule has 0 aliphatic heterocycles. The molecule has 0 heterocycles. The quantitative estimate of drug-likeness (QED) is 0.760. The van der Waals surface area contributed by atoms with E-state index in [-0.39, 0.29) is 11.5 Å². The van der Waals surface area contributed by atoms with Crippen molar-refractivity contribution in [3.8, 4) is 0 Å². The van der Waals surface area contributed by atoms with Crippen molar-refractivity contribution in [1.82, 2.24) is 0 Å². The average Bonchev–Trinajstić information content (AvgIpc) is 2.16. The lowest BCUT2D eigenvalue weighted by Gasteiger charge is -2.30. The summed E-state index contributed by atoms with van der Waals surface area (Å²) in [6.45, 7) is 6.70. The Balaban J connectivity index is 2.38. The molecule has 0 spiro atoms. The van der Waals surface area contributed by atoms with E-state index in [0.29, 0.717) is 0 Å². The number of aliphatic hydroxyl groups is 1. The standard InChI is InChI=1S/C13H18O/c1-4-13(2,3)10-6-5-9-7-12(14)11(9)8-10/h5-6,8,12,14H,4,7H2,1-3H3. The van der Waals surface area contributed by atoms with E-state index >= 15 is 0 Å². The van der Waals surface area contributed by atoms with Crippen molar-refractivity contribution in [3.63, 3.8) is 0 Å². The molecule has 76 valence electrons. The van der Waals surface area contributed by atoms with Crippen molar-refractivity contribution in [2.45, 2.75) is 45.1 Å². The summed E-state index contributed by atoms with van der Waals surface area (Å²) in [7, 11) is 0. The molecule has 1 unspecified atom stereocenters. The van der Waals surface area contributed by atoms with Crippen LogP contribution in [0.3, 0.4) is 0 Å². The van der Waals surface area contributed by atoms with Crippen molar-refractivity contribution in [2.24, 2.45) is 0 Å². The average molecular weight is 190 g/mol. The molecule has 1 aromatic rings. The molecule has 1 aliphatic carbocycles. The Hall–Kier alpha value is -0.820. The molecule has 0 aromatic heterocycles. The van der Waals surface area contributed by atoms with Crippen LogP contribution in [0.25, 0.3) is 0 Å². The fourth-order valence-corrected chi connectivity index (χ4v) is 1.90. The van der Waals surface area contributed by atoms with E-state index in [0.717, 1.165) is 18.4 Å². The first-order valence-electron chi connectivity index (χ1n) is 5.36. The summed E-state index contributed by atoms with van der Waals surface area (Å²) in [6, 6.07) is 6.54. The van der Waals surface area contributed by atoms with Gasteiger partial charge in [0.2, 0.25) is 0 Å². The Labute approximate surface area is 85.8 Å². The highest BCUT2D eigenvalue weighted by Crippen LogP contribution is 2.37. The van der Waals surface area contributed by atoms with Crippen LogP contribution in [-0.2, 0) is 11.8 Å². The monoisotopic (exact) mass is 190 g/mol. The van der Waals surface area contributed by atoms with Crippen LogP contribution >= 0.6 is 0 Å². The zero-order valence-electron chi connectivity index (χ0n) is 9.17. The van der Waals surface area contributed by atoms with E-state index in [9.17, 15) is 5.11 Å². The third-order valence-electron chi connectivity index (χ3n) is 3.58. The van der Waals surface area contributed by atoms with Gasteiger partial charge in [-0.3, -0.25) is 0 Å². The van der Waals surface area contributed by atoms with Crippen LogP contribution < -0.4 is 0 Å². The molecule has 0 saturated heterocycles. The van der Waals surface area contributed by atoms with Crippen molar-refractivity contribution in [3.05, 3.63) is 34.9 Å². The summed E-state index contributed by atoms with van der Waals surface area (Å²) in [4.78, 5) is 0. The van der Waals surface area contributed by atoms with Gasteiger partial charge in [-0.15, -0.1) is 0 Å². The highest BCUT2D eigenvalue weighted by atomic mass is 16.3. The second kappa shape index (κ2) is 3.09.